The number of furan rings is 1. The SMILES string of the molecule is c1ccc(-c2ccc(N3B4c5c(cc(-c6ccccc6)cc5-n5c6ccc(C78CCCC(CCC7)C8)cc6c6cc(C78CCCC(CCC7)C8)cc4c65)-c4ccc5c(oc6ccccc65)c43)cc2)cc1. The Bertz CT molecular complexity index is 3750. The monoisotopic (exact) mass is 904 g/mol. The first kappa shape index (κ1) is 40.0. The van der Waals surface area contributed by atoms with Crippen LogP contribution in [-0.4, -0.2) is 11.4 Å². The Hall–Kier alpha value is -6.78. The maximum absolute atomic E-state index is 7.19. The molecular formula is C66H57BN2O. The Kier molecular flexibility index (Phi) is 8.50. The summed E-state index contributed by atoms with van der Waals surface area (Å²) in [6.07, 6.45) is 18.9. The topological polar surface area (TPSA) is 21.3 Å². The van der Waals surface area contributed by atoms with Gasteiger partial charge in [-0.15, -0.1) is 0 Å². The van der Waals surface area contributed by atoms with Crippen LogP contribution in [0.3, 0.4) is 0 Å². The van der Waals surface area contributed by atoms with Gasteiger partial charge in [0.2, 0.25) is 0 Å². The van der Waals surface area contributed by atoms with Crippen LogP contribution in [0.5, 0.6) is 0 Å². The third kappa shape index (κ3) is 5.65. The van der Waals surface area contributed by atoms with Crippen molar-refractivity contribution in [2.24, 2.45) is 11.8 Å². The molecule has 70 heavy (non-hydrogen) atoms. The van der Waals surface area contributed by atoms with Gasteiger partial charge in [-0.3, -0.25) is 0 Å². The van der Waals surface area contributed by atoms with Gasteiger partial charge in [0.1, 0.15) is 5.58 Å². The molecular weight excluding hydrogens is 848 g/mol. The van der Waals surface area contributed by atoms with E-state index in [0.717, 1.165) is 34.1 Å². The summed E-state index contributed by atoms with van der Waals surface area (Å²) in [5, 5.41) is 5.24. The predicted octanol–water partition coefficient (Wildman–Crippen LogP) is 16.5. The molecule has 2 aliphatic heterocycles. The molecule has 0 spiro atoms. The number of rotatable bonds is 5. The van der Waals surface area contributed by atoms with Crippen LogP contribution in [0.25, 0.3) is 82.8 Å². The molecule has 4 heteroatoms. The first-order valence-corrected chi connectivity index (χ1v) is 26.9. The van der Waals surface area contributed by atoms with Gasteiger partial charge < -0.3 is 13.8 Å². The second-order valence-electron chi connectivity index (χ2n) is 22.7. The summed E-state index contributed by atoms with van der Waals surface area (Å²) in [4.78, 5) is 2.72. The molecule has 0 amide bonds. The summed E-state index contributed by atoms with van der Waals surface area (Å²) in [6.45, 7) is -0.0992. The number of fused-ring (bicyclic) bond motifs is 15. The zero-order valence-corrected chi connectivity index (χ0v) is 40.0. The van der Waals surface area contributed by atoms with Crippen LogP contribution in [0.15, 0.2) is 168 Å². The Balaban J connectivity index is 1.04. The van der Waals surface area contributed by atoms with Crippen LogP contribution < -0.4 is 15.7 Å². The Labute approximate surface area is 411 Å². The molecule has 10 aromatic rings. The minimum atomic E-state index is -0.0992. The van der Waals surface area contributed by atoms with Crippen molar-refractivity contribution in [1.82, 2.24) is 4.57 Å². The molecule has 4 heterocycles. The van der Waals surface area contributed by atoms with Gasteiger partial charge in [-0.1, -0.05) is 161 Å². The molecule has 16 rings (SSSR count). The number of benzene rings is 8. The molecule has 4 aliphatic carbocycles. The lowest BCUT2D eigenvalue weighted by atomic mass is 9.43. The number of hydrogen-bond donors (Lipinski definition) is 0. The fourth-order valence-corrected chi connectivity index (χ4v) is 16.1. The quantitative estimate of drug-likeness (QED) is 0.161. The first-order chi connectivity index (χ1) is 34.6. The van der Waals surface area contributed by atoms with E-state index in [1.54, 1.807) is 11.1 Å². The summed E-state index contributed by atoms with van der Waals surface area (Å²) in [6, 6.07) is 63.3. The minimum Gasteiger partial charge on any atom is -0.454 e. The molecule has 2 aromatic heterocycles. The van der Waals surface area contributed by atoms with Gasteiger partial charge in [0.15, 0.2) is 5.58 Å². The lowest BCUT2D eigenvalue weighted by Crippen LogP contribution is -2.61. The van der Waals surface area contributed by atoms with Crippen LogP contribution in [0.4, 0.5) is 11.4 Å². The normalized spacial score (nSPS) is 23.3. The Morgan fingerprint density at radius 1 is 0.486 bits per heavy atom. The van der Waals surface area contributed by atoms with E-state index >= 15 is 0 Å². The lowest BCUT2D eigenvalue weighted by Gasteiger charge is -2.47. The molecule has 8 aromatic carbocycles. The van der Waals surface area contributed by atoms with E-state index < -0.39 is 0 Å². The van der Waals surface area contributed by atoms with E-state index in [0.29, 0.717) is 5.41 Å². The van der Waals surface area contributed by atoms with Crippen molar-refractivity contribution in [2.45, 2.75) is 101 Å². The third-order valence-electron chi connectivity index (χ3n) is 19.2. The molecule has 4 fully saturated rings. The second kappa shape index (κ2) is 14.9. The molecule has 4 bridgehead atoms. The minimum absolute atomic E-state index is 0.0992. The highest BCUT2D eigenvalue weighted by molar-refractivity contribution is 6.94. The van der Waals surface area contributed by atoms with Crippen molar-refractivity contribution in [3.8, 4) is 39.1 Å². The standard InChI is InChI=1S/C66H57BN2O/c1-3-17-44(18-4-1)46-23-26-50(27-24-46)69-63-52(28-29-53-51-21-7-8-22-60(51)70-64(53)63)55-35-47(45-19-5-2-6-20-45)36-59-61(55)67(69)57-39-49(66-33-11-15-43(41-66)16-12-34-66)38-56-54-37-48(25-30-58(54)68(59)62(56)57)65-31-9-13-42(40-65)14-10-32-65/h1-8,17-30,35-39,42-43H,9-16,31-34,40-41H2. The molecule has 0 N–H and O–H groups in total. The number of anilines is 2. The molecule has 0 unspecified atom stereocenters. The van der Waals surface area contributed by atoms with E-state index in [1.807, 2.05) is 0 Å². The summed E-state index contributed by atoms with van der Waals surface area (Å²) in [5.41, 5.74) is 22.3. The van der Waals surface area contributed by atoms with E-state index in [4.69, 9.17) is 4.42 Å². The zero-order valence-electron chi connectivity index (χ0n) is 40.0. The van der Waals surface area contributed by atoms with Crippen LogP contribution in [0, 0.1) is 11.8 Å². The highest BCUT2D eigenvalue weighted by Crippen LogP contribution is 2.55. The maximum Gasteiger partial charge on any atom is 0.333 e. The number of hydrogen-bond acceptors (Lipinski definition) is 2. The van der Waals surface area contributed by atoms with E-state index in [1.165, 1.54) is 173 Å². The van der Waals surface area contributed by atoms with Gasteiger partial charge in [0, 0.05) is 38.5 Å². The van der Waals surface area contributed by atoms with Crippen molar-refractivity contribution < 1.29 is 4.42 Å². The van der Waals surface area contributed by atoms with Crippen molar-refractivity contribution in [1.29, 1.82) is 0 Å². The number of aromatic nitrogens is 1. The fourth-order valence-electron chi connectivity index (χ4n) is 16.1. The lowest BCUT2D eigenvalue weighted by molar-refractivity contribution is 0.149. The van der Waals surface area contributed by atoms with Crippen LogP contribution >= 0.6 is 0 Å². The van der Waals surface area contributed by atoms with E-state index in [2.05, 4.69) is 173 Å². The molecule has 0 radical (unpaired) electrons. The zero-order chi connectivity index (χ0) is 45.7. The summed E-state index contributed by atoms with van der Waals surface area (Å²) >= 11 is 0. The van der Waals surface area contributed by atoms with Gasteiger partial charge in [-0.2, -0.15) is 0 Å². The van der Waals surface area contributed by atoms with Crippen molar-refractivity contribution >= 4 is 72.9 Å². The second-order valence-corrected chi connectivity index (χ2v) is 22.7. The van der Waals surface area contributed by atoms with E-state index in [9.17, 15) is 0 Å². The summed E-state index contributed by atoms with van der Waals surface area (Å²) in [7, 11) is 0. The highest BCUT2D eigenvalue weighted by atomic mass is 16.3. The first-order valence-electron chi connectivity index (χ1n) is 26.9. The Morgan fingerprint density at radius 3 is 1.83 bits per heavy atom. The molecule has 340 valence electrons. The Morgan fingerprint density at radius 2 is 1.11 bits per heavy atom. The highest BCUT2D eigenvalue weighted by Gasteiger charge is 2.48. The molecule has 0 saturated heterocycles. The van der Waals surface area contributed by atoms with Gasteiger partial charge in [0.05, 0.1) is 16.7 Å². The largest absolute Gasteiger partial charge is 0.454 e. The van der Waals surface area contributed by atoms with Crippen LogP contribution in [0.1, 0.15) is 101 Å². The smallest absolute Gasteiger partial charge is 0.333 e. The molecule has 6 aliphatic rings. The van der Waals surface area contributed by atoms with Crippen molar-refractivity contribution in [2.75, 3.05) is 4.81 Å². The van der Waals surface area contributed by atoms with Gasteiger partial charge in [-0.25, -0.2) is 0 Å². The van der Waals surface area contributed by atoms with Gasteiger partial charge >= 0.3 is 6.85 Å². The van der Waals surface area contributed by atoms with E-state index in [-0.39, 0.29) is 12.3 Å². The van der Waals surface area contributed by atoms with Gasteiger partial charge in [-0.05, 0) is 166 Å². The maximum atomic E-state index is 7.19. The summed E-state index contributed by atoms with van der Waals surface area (Å²) in [5.74, 6) is 1.71. The van der Waals surface area contributed by atoms with Gasteiger partial charge in [0.25, 0.3) is 0 Å². The molecule has 3 nitrogen and oxygen atoms in total. The average molecular weight is 905 g/mol. The molecule has 4 saturated carbocycles. The number of para-hydroxylation sites is 1. The third-order valence-corrected chi connectivity index (χ3v) is 19.2. The van der Waals surface area contributed by atoms with Crippen molar-refractivity contribution in [3.63, 3.8) is 0 Å². The summed E-state index contributed by atoms with van der Waals surface area (Å²) < 4.78 is 9.92. The predicted molar refractivity (Wildman–Crippen MR) is 293 cm³/mol. The van der Waals surface area contributed by atoms with Crippen molar-refractivity contribution in [3.05, 3.63) is 175 Å². The average Bonchev–Trinajstić information content (AvgIpc) is 3.97. The van der Waals surface area contributed by atoms with Crippen LogP contribution in [-0.2, 0) is 10.8 Å². The fraction of sp³-hybridized carbons (Fsp3) is 0.273. The molecule has 0 atom stereocenters. The van der Waals surface area contributed by atoms with Crippen LogP contribution in [0.2, 0.25) is 0 Å². The number of nitrogens with zero attached hydrogens (tertiary/aromatic N) is 2.